The van der Waals surface area contributed by atoms with Gasteiger partial charge in [0.1, 0.15) is 23.0 Å². The van der Waals surface area contributed by atoms with Crippen molar-refractivity contribution in [3.05, 3.63) is 136 Å². The van der Waals surface area contributed by atoms with E-state index in [1.807, 2.05) is 4.90 Å². The number of nitrogens with zero attached hydrogens (tertiary/aromatic N) is 1. The lowest BCUT2D eigenvalue weighted by atomic mass is 9.64. The molecule has 0 amide bonds. The van der Waals surface area contributed by atoms with E-state index >= 15 is 0 Å². The molecule has 0 N–H and O–H groups in total. The maximum atomic E-state index is 14.7. The first kappa shape index (κ1) is 25.4. The molecular weight excluding hydrogens is 541 g/mol. The fourth-order valence-electron chi connectivity index (χ4n) is 6.97. The van der Waals surface area contributed by atoms with Crippen molar-refractivity contribution in [3.8, 4) is 5.75 Å². The highest BCUT2D eigenvalue weighted by Crippen LogP contribution is 2.61. The summed E-state index contributed by atoms with van der Waals surface area (Å²) in [7, 11) is 1.52. The Morgan fingerprint density at radius 2 is 1.63 bits per heavy atom. The highest BCUT2D eigenvalue weighted by molar-refractivity contribution is 6.33. The van der Waals surface area contributed by atoms with Gasteiger partial charge in [0, 0.05) is 38.9 Å². The Hall–Kier alpha value is -4.55. The zero-order valence-electron chi connectivity index (χ0n) is 21.9. The number of benzene rings is 4. The number of Topliss-reactive ketones (excluding diaryl/α,β-unsaturated/α-hetero) is 3. The second-order valence-electron chi connectivity index (χ2n) is 10.6. The molecule has 0 bridgehead atoms. The second kappa shape index (κ2) is 9.25. The molecule has 4 aromatic carbocycles. The van der Waals surface area contributed by atoms with Crippen molar-refractivity contribution in [2.45, 2.75) is 18.0 Å². The van der Waals surface area contributed by atoms with Crippen LogP contribution in [-0.4, -0.2) is 36.5 Å². The molecule has 7 rings (SSSR count). The van der Waals surface area contributed by atoms with Crippen LogP contribution in [0.2, 0.25) is 5.02 Å². The van der Waals surface area contributed by atoms with Crippen LogP contribution in [0.5, 0.6) is 5.75 Å². The SMILES string of the molecule is COc1cccc(C(=O)C2C(c3cccc(Cl)c3)C3(C(=O)c4ccccc4C3=O)C3C=Cc4cc(F)ccc4N23)c1. The molecular formula is C34H23ClFNO4. The number of fused-ring (bicyclic) bond motifs is 5. The number of anilines is 1. The van der Waals surface area contributed by atoms with Crippen molar-refractivity contribution in [1.29, 1.82) is 0 Å². The molecule has 5 nitrogen and oxygen atoms in total. The number of carbonyl (C=O) groups excluding carboxylic acids is 3. The minimum absolute atomic E-state index is 0.294. The second-order valence-corrected chi connectivity index (χ2v) is 11.0. The van der Waals surface area contributed by atoms with Crippen LogP contribution in [0.25, 0.3) is 6.08 Å². The van der Waals surface area contributed by atoms with Gasteiger partial charge in [-0.25, -0.2) is 4.39 Å². The summed E-state index contributed by atoms with van der Waals surface area (Å²) in [6, 6.07) is 23.1. The maximum absolute atomic E-state index is 14.7. The van der Waals surface area contributed by atoms with E-state index < -0.39 is 29.2 Å². The highest BCUT2D eigenvalue weighted by atomic mass is 35.5. The van der Waals surface area contributed by atoms with E-state index in [0.717, 1.165) is 0 Å². The smallest absolute Gasteiger partial charge is 0.186 e. The van der Waals surface area contributed by atoms with Crippen LogP contribution in [0.15, 0.2) is 97.1 Å². The van der Waals surface area contributed by atoms with Crippen LogP contribution in [-0.2, 0) is 0 Å². The quantitative estimate of drug-likeness (QED) is 0.202. The molecule has 3 atom stereocenters. The van der Waals surface area contributed by atoms with Crippen LogP contribution in [0.3, 0.4) is 0 Å². The predicted molar refractivity (Wildman–Crippen MR) is 155 cm³/mol. The number of rotatable bonds is 4. The molecule has 1 fully saturated rings. The highest BCUT2D eigenvalue weighted by Gasteiger charge is 2.71. The fourth-order valence-corrected chi connectivity index (χ4v) is 7.17. The van der Waals surface area contributed by atoms with Gasteiger partial charge in [0.2, 0.25) is 0 Å². The zero-order chi connectivity index (χ0) is 28.5. The molecule has 3 unspecified atom stereocenters. The Bertz CT molecular complexity index is 1780. The van der Waals surface area contributed by atoms with Crippen molar-refractivity contribution >= 4 is 40.7 Å². The molecule has 0 saturated carbocycles. The summed E-state index contributed by atoms with van der Waals surface area (Å²) in [6.45, 7) is 0. The lowest BCUT2D eigenvalue weighted by molar-refractivity contribution is 0.0666. The van der Waals surface area contributed by atoms with E-state index in [0.29, 0.717) is 44.3 Å². The van der Waals surface area contributed by atoms with Crippen molar-refractivity contribution in [3.63, 3.8) is 0 Å². The van der Waals surface area contributed by atoms with E-state index in [1.54, 1.807) is 91.0 Å². The van der Waals surface area contributed by atoms with Crippen LogP contribution in [0.1, 0.15) is 48.1 Å². The van der Waals surface area contributed by atoms with Gasteiger partial charge in [-0.2, -0.15) is 0 Å². The Morgan fingerprint density at radius 1 is 0.902 bits per heavy atom. The molecule has 1 aliphatic carbocycles. The first-order valence-corrected chi connectivity index (χ1v) is 13.6. The van der Waals surface area contributed by atoms with Crippen LogP contribution < -0.4 is 9.64 Å². The molecule has 41 heavy (non-hydrogen) atoms. The Kier molecular flexibility index (Phi) is 5.73. The van der Waals surface area contributed by atoms with Gasteiger partial charge in [0.05, 0.1) is 13.2 Å². The number of ketones is 3. The third kappa shape index (κ3) is 3.50. The van der Waals surface area contributed by atoms with Gasteiger partial charge in [0.15, 0.2) is 17.3 Å². The molecule has 1 spiro atoms. The number of hydrogen-bond donors (Lipinski definition) is 0. The maximum Gasteiger partial charge on any atom is 0.186 e. The van der Waals surface area contributed by atoms with Gasteiger partial charge in [-0.15, -0.1) is 0 Å². The van der Waals surface area contributed by atoms with Gasteiger partial charge in [-0.3, -0.25) is 14.4 Å². The third-order valence-corrected chi connectivity index (χ3v) is 8.83. The molecule has 0 radical (unpaired) electrons. The predicted octanol–water partition coefficient (Wildman–Crippen LogP) is 6.80. The lowest BCUT2D eigenvalue weighted by Gasteiger charge is -2.37. The Balaban J connectivity index is 1.55. The number of ether oxygens (including phenoxy) is 1. The third-order valence-electron chi connectivity index (χ3n) is 8.60. The topological polar surface area (TPSA) is 63.7 Å². The van der Waals surface area contributed by atoms with Crippen molar-refractivity contribution in [2.75, 3.05) is 12.0 Å². The van der Waals surface area contributed by atoms with Crippen molar-refractivity contribution in [2.24, 2.45) is 5.41 Å². The molecule has 7 heteroatoms. The minimum Gasteiger partial charge on any atom is -0.497 e. The van der Waals surface area contributed by atoms with E-state index in [2.05, 4.69) is 0 Å². The van der Waals surface area contributed by atoms with Crippen molar-refractivity contribution < 1.29 is 23.5 Å². The molecule has 202 valence electrons. The summed E-state index contributed by atoms with van der Waals surface area (Å²) in [6.07, 6.45) is 3.50. The van der Waals surface area contributed by atoms with Crippen LogP contribution in [0, 0.1) is 11.2 Å². The first-order chi connectivity index (χ1) is 19.9. The molecule has 1 saturated heterocycles. The molecule has 3 aliphatic rings. The van der Waals surface area contributed by atoms with Gasteiger partial charge in [0.25, 0.3) is 0 Å². The number of hydrogen-bond acceptors (Lipinski definition) is 5. The molecule has 0 aromatic heterocycles. The monoisotopic (exact) mass is 563 g/mol. The van der Waals surface area contributed by atoms with E-state index in [1.165, 1.54) is 19.2 Å². The summed E-state index contributed by atoms with van der Waals surface area (Å²) in [5, 5.41) is 0.420. The summed E-state index contributed by atoms with van der Waals surface area (Å²) in [5.41, 5.74) is 1.10. The average molecular weight is 564 g/mol. The standard InChI is InChI=1S/C34H23ClFNO4/c1-41-24-9-5-7-21(18-24)31(38)30-29(20-6-4-8-22(35)16-20)34(32(39)25-10-2-3-11-26(25)33(34)40)28-15-12-19-17-23(36)13-14-27(19)37(28)30/h2-18,28-30H,1H3. The van der Waals surface area contributed by atoms with Gasteiger partial charge in [-0.1, -0.05) is 72.3 Å². The summed E-state index contributed by atoms with van der Waals surface area (Å²) in [5.74, 6) is -1.80. The van der Waals surface area contributed by atoms with Crippen LogP contribution in [0.4, 0.5) is 10.1 Å². The van der Waals surface area contributed by atoms with E-state index in [9.17, 15) is 18.8 Å². The Labute approximate surface area is 240 Å². The number of halogens is 2. The van der Waals surface area contributed by atoms with Gasteiger partial charge >= 0.3 is 0 Å². The normalized spacial score (nSPS) is 21.5. The number of carbonyl (C=O) groups is 3. The summed E-state index contributed by atoms with van der Waals surface area (Å²) < 4.78 is 19.8. The van der Waals surface area contributed by atoms with Gasteiger partial charge in [-0.05, 0) is 48.0 Å². The number of methoxy groups -OCH3 is 1. The minimum atomic E-state index is -1.66. The summed E-state index contributed by atoms with van der Waals surface area (Å²) >= 11 is 6.47. The Morgan fingerprint density at radius 3 is 2.34 bits per heavy atom. The van der Waals surface area contributed by atoms with E-state index in [-0.39, 0.29) is 17.3 Å². The van der Waals surface area contributed by atoms with Gasteiger partial charge < -0.3 is 9.64 Å². The molecule has 2 aliphatic heterocycles. The van der Waals surface area contributed by atoms with E-state index in [4.69, 9.17) is 16.3 Å². The lowest BCUT2D eigenvalue weighted by Crippen LogP contribution is -2.48. The molecule has 2 heterocycles. The van der Waals surface area contributed by atoms with Crippen LogP contribution >= 0.6 is 11.6 Å². The fraction of sp³-hybridized carbons (Fsp3) is 0.147. The zero-order valence-corrected chi connectivity index (χ0v) is 22.6. The average Bonchev–Trinajstić information content (AvgIpc) is 3.42. The summed E-state index contributed by atoms with van der Waals surface area (Å²) in [4.78, 5) is 45.8. The first-order valence-electron chi connectivity index (χ1n) is 13.2. The molecule has 4 aromatic rings. The largest absolute Gasteiger partial charge is 0.497 e. The van der Waals surface area contributed by atoms with Crippen molar-refractivity contribution in [1.82, 2.24) is 0 Å².